The van der Waals surface area contributed by atoms with Gasteiger partial charge in [0.05, 0.1) is 18.7 Å². The number of carbonyl (C=O) groups is 1. The molecule has 0 atom stereocenters. The van der Waals surface area contributed by atoms with E-state index in [1.165, 1.54) is 0 Å². The molecule has 0 spiro atoms. The molecule has 0 saturated carbocycles. The molecule has 0 unspecified atom stereocenters. The molecule has 0 heterocycles. The van der Waals surface area contributed by atoms with E-state index in [2.05, 4.69) is 11.4 Å². The average Bonchev–Trinajstić information content (AvgIpc) is 2.68. The third kappa shape index (κ3) is 3.67. The number of methoxy groups -OCH3 is 1. The number of rotatable bonds is 4. The van der Waals surface area contributed by atoms with E-state index < -0.39 is 0 Å². The van der Waals surface area contributed by atoms with Gasteiger partial charge in [-0.1, -0.05) is 30.3 Å². The Morgan fingerprint density at radius 3 is 2.36 bits per heavy atom. The number of carbonyl (C=O) groups excluding carboxylic acids is 1. The number of nitrogens with one attached hydrogen (secondary N) is 1. The number of nitrogens with zero attached hydrogens (tertiary/aromatic N) is 1. The summed E-state index contributed by atoms with van der Waals surface area (Å²) in [6, 6.07) is 23.9. The van der Waals surface area contributed by atoms with Crippen LogP contribution in [-0.2, 0) is 0 Å². The maximum absolute atomic E-state index is 12.5. The van der Waals surface area contributed by atoms with E-state index in [0.717, 1.165) is 11.1 Å². The maximum Gasteiger partial charge on any atom is 0.255 e. The van der Waals surface area contributed by atoms with Crippen molar-refractivity contribution in [1.82, 2.24) is 0 Å². The molecule has 0 aliphatic rings. The second kappa shape index (κ2) is 7.33. The van der Waals surface area contributed by atoms with Crippen LogP contribution in [-0.4, -0.2) is 13.0 Å². The first kappa shape index (κ1) is 16.3. The average molecular weight is 328 g/mol. The van der Waals surface area contributed by atoms with E-state index in [-0.39, 0.29) is 5.91 Å². The quantitative estimate of drug-likeness (QED) is 0.768. The van der Waals surface area contributed by atoms with Crippen LogP contribution in [0.4, 0.5) is 5.69 Å². The van der Waals surface area contributed by atoms with Crippen molar-refractivity contribution < 1.29 is 9.53 Å². The molecule has 4 heteroatoms. The summed E-state index contributed by atoms with van der Waals surface area (Å²) in [6.45, 7) is 0. The number of hydrogen-bond donors (Lipinski definition) is 1. The van der Waals surface area contributed by atoms with Gasteiger partial charge in [-0.3, -0.25) is 4.79 Å². The first-order chi connectivity index (χ1) is 12.2. The number of ether oxygens (including phenoxy) is 1. The highest BCUT2D eigenvalue weighted by molar-refractivity contribution is 6.05. The Morgan fingerprint density at radius 2 is 1.72 bits per heavy atom. The molecule has 0 saturated heterocycles. The highest BCUT2D eigenvalue weighted by atomic mass is 16.5. The summed E-state index contributed by atoms with van der Waals surface area (Å²) < 4.78 is 5.42. The van der Waals surface area contributed by atoms with Gasteiger partial charge in [0.25, 0.3) is 5.91 Å². The lowest BCUT2D eigenvalue weighted by atomic mass is 10.0. The normalized spacial score (nSPS) is 9.92. The zero-order chi connectivity index (χ0) is 17.6. The van der Waals surface area contributed by atoms with E-state index in [9.17, 15) is 4.79 Å². The molecule has 0 aliphatic carbocycles. The lowest BCUT2D eigenvalue weighted by molar-refractivity contribution is 0.102. The van der Waals surface area contributed by atoms with Gasteiger partial charge in [-0.2, -0.15) is 5.26 Å². The van der Waals surface area contributed by atoms with Crippen LogP contribution in [0.3, 0.4) is 0 Å². The molecule has 3 rings (SSSR count). The van der Waals surface area contributed by atoms with E-state index in [1.54, 1.807) is 43.5 Å². The summed E-state index contributed by atoms with van der Waals surface area (Å²) in [7, 11) is 1.61. The Bertz CT molecular complexity index is 926. The highest BCUT2D eigenvalue weighted by Gasteiger charge is 2.12. The minimum Gasteiger partial charge on any atom is -0.496 e. The predicted molar refractivity (Wildman–Crippen MR) is 97.5 cm³/mol. The van der Waals surface area contributed by atoms with Crippen LogP contribution in [0, 0.1) is 11.3 Å². The number of nitriles is 1. The number of hydrogen-bond acceptors (Lipinski definition) is 3. The van der Waals surface area contributed by atoms with Crippen LogP contribution in [0.5, 0.6) is 5.75 Å². The molecule has 1 N–H and O–H groups in total. The third-order valence-electron chi connectivity index (χ3n) is 3.82. The van der Waals surface area contributed by atoms with Gasteiger partial charge < -0.3 is 10.1 Å². The van der Waals surface area contributed by atoms with E-state index in [1.807, 2.05) is 36.4 Å². The monoisotopic (exact) mass is 328 g/mol. The molecule has 0 aromatic heterocycles. The molecule has 3 aromatic rings. The van der Waals surface area contributed by atoms with Gasteiger partial charge in [-0.25, -0.2) is 0 Å². The lowest BCUT2D eigenvalue weighted by Gasteiger charge is -2.11. The van der Waals surface area contributed by atoms with Crippen LogP contribution >= 0.6 is 0 Å². The second-order valence-corrected chi connectivity index (χ2v) is 5.42. The van der Waals surface area contributed by atoms with Gasteiger partial charge in [0, 0.05) is 16.8 Å². The second-order valence-electron chi connectivity index (χ2n) is 5.42. The summed E-state index contributed by atoms with van der Waals surface area (Å²) in [5, 5.41) is 11.7. The largest absolute Gasteiger partial charge is 0.496 e. The van der Waals surface area contributed by atoms with Crippen molar-refractivity contribution in [3.8, 4) is 22.9 Å². The number of anilines is 1. The fraction of sp³-hybridized carbons (Fsp3) is 0.0476. The molecule has 1 amide bonds. The molecule has 0 bridgehead atoms. The Labute approximate surface area is 146 Å². The third-order valence-corrected chi connectivity index (χ3v) is 3.82. The van der Waals surface area contributed by atoms with E-state index in [4.69, 9.17) is 10.00 Å². The summed E-state index contributed by atoms with van der Waals surface area (Å²) >= 11 is 0. The van der Waals surface area contributed by atoms with Crippen LogP contribution < -0.4 is 10.1 Å². The number of amides is 1. The van der Waals surface area contributed by atoms with Crippen molar-refractivity contribution >= 4 is 11.6 Å². The standard InChI is InChI=1S/C21H16N2O2/c1-25-20-12-9-17(13-19(20)16-5-3-2-4-6-16)21(24)23-18-10-7-15(14-22)8-11-18/h2-13H,1H3,(H,23,24). The van der Waals surface area contributed by atoms with Crippen molar-refractivity contribution in [3.63, 3.8) is 0 Å². The van der Waals surface area contributed by atoms with Crippen LogP contribution in [0.2, 0.25) is 0 Å². The molecular weight excluding hydrogens is 312 g/mol. The van der Waals surface area contributed by atoms with Gasteiger partial charge in [-0.15, -0.1) is 0 Å². The van der Waals surface area contributed by atoms with Crippen LogP contribution in [0.25, 0.3) is 11.1 Å². The van der Waals surface area contributed by atoms with Gasteiger partial charge in [0.1, 0.15) is 5.75 Å². The molecule has 0 radical (unpaired) electrons. The molecule has 25 heavy (non-hydrogen) atoms. The van der Waals surface area contributed by atoms with Crippen LogP contribution in [0.1, 0.15) is 15.9 Å². The van der Waals surface area contributed by atoms with E-state index in [0.29, 0.717) is 22.6 Å². The predicted octanol–water partition coefficient (Wildman–Crippen LogP) is 4.49. The molecule has 3 aromatic carbocycles. The SMILES string of the molecule is COc1ccc(C(=O)Nc2ccc(C#N)cc2)cc1-c1ccccc1. The Hall–Kier alpha value is -3.58. The van der Waals surface area contributed by atoms with Crippen molar-refractivity contribution in [2.24, 2.45) is 0 Å². The number of benzene rings is 3. The topological polar surface area (TPSA) is 62.1 Å². The molecule has 0 fully saturated rings. The summed E-state index contributed by atoms with van der Waals surface area (Å²) in [6.07, 6.45) is 0. The lowest BCUT2D eigenvalue weighted by Crippen LogP contribution is -2.12. The van der Waals surface area contributed by atoms with Crippen molar-refractivity contribution in [3.05, 3.63) is 83.9 Å². The minimum atomic E-state index is -0.218. The van der Waals surface area contributed by atoms with Crippen LogP contribution in [0.15, 0.2) is 72.8 Å². The van der Waals surface area contributed by atoms with Crippen molar-refractivity contribution in [2.45, 2.75) is 0 Å². The zero-order valence-electron chi connectivity index (χ0n) is 13.7. The van der Waals surface area contributed by atoms with Crippen molar-refractivity contribution in [2.75, 3.05) is 12.4 Å². The van der Waals surface area contributed by atoms with Gasteiger partial charge >= 0.3 is 0 Å². The summed E-state index contributed by atoms with van der Waals surface area (Å²) in [5.74, 6) is 0.491. The van der Waals surface area contributed by atoms with Gasteiger partial charge in [-0.05, 0) is 48.0 Å². The van der Waals surface area contributed by atoms with Gasteiger partial charge in [0.2, 0.25) is 0 Å². The Balaban J connectivity index is 1.89. The Kier molecular flexibility index (Phi) is 4.77. The Morgan fingerprint density at radius 1 is 1.00 bits per heavy atom. The highest BCUT2D eigenvalue weighted by Crippen LogP contribution is 2.31. The summed E-state index contributed by atoms with van der Waals surface area (Å²) in [4.78, 5) is 12.5. The molecule has 4 nitrogen and oxygen atoms in total. The van der Waals surface area contributed by atoms with Crippen molar-refractivity contribution in [1.29, 1.82) is 5.26 Å². The molecular formula is C21H16N2O2. The smallest absolute Gasteiger partial charge is 0.255 e. The van der Waals surface area contributed by atoms with E-state index >= 15 is 0 Å². The van der Waals surface area contributed by atoms with Gasteiger partial charge in [0.15, 0.2) is 0 Å². The fourth-order valence-electron chi connectivity index (χ4n) is 2.52. The summed E-state index contributed by atoms with van der Waals surface area (Å²) in [5.41, 5.74) is 3.56. The molecule has 0 aliphatic heterocycles. The molecule has 122 valence electrons. The first-order valence-electron chi connectivity index (χ1n) is 7.76. The fourth-order valence-corrected chi connectivity index (χ4v) is 2.52. The minimum absolute atomic E-state index is 0.218. The first-order valence-corrected chi connectivity index (χ1v) is 7.76. The zero-order valence-corrected chi connectivity index (χ0v) is 13.7. The maximum atomic E-state index is 12.5.